The number of furan rings is 1. The first-order valence-electron chi connectivity index (χ1n) is 24.0. The summed E-state index contributed by atoms with van der Waals surface area (Å²) < 4.78 is 159. The van der Waals surface area contributed by atoms with Crippen LogP contribution < -0.4 is 0 Å². The minimum atomic E-state index is -0.825. The van der Waals surface area contributed by atoms with Gasteiger partial charge in [-0.05, 0) is 101 Å². The first kappa shape index (κ1) is 15.6. The molecule has 0 N–H and O–H groups in total. The molecule has 0 fully saturated rings. The van der Waals surface area contributed by atoms with E-state index in [0.717, 1.165) is 27.3 Å². The van der Waals surface area contributed by atoms with Crippen LogP contribution in [0.5, 0.6) is 0 Å². The highest BCUT2D eigenvalue weighted by atomic mass is 16.3. The monoisotopic (exact) mass is 639 g/mol. The third-order valence-corrected chi connectivity index (χ3v) is 8.86. The Morgan fingerprint density at radius 3 is 1.51 bits per heavy atom. The van der Waals surface area contributed by atoms with Gasteiger partial charge in [0.25, 0.3) is 0 Å². The van der Waals surface area contributed by atoms with E-state index in [9.17, 15) is 11.0 Å². The van der Waals surface area contributed by atoms with Crippen LogP contribution >= 0.6 is 0 Å². The quantitative estimate of drug-likeness (QED) is 0.175. The Morgan fingerprint density at radius 1 is 0.347 bits per heavy atom. The normalized spacial score (nSPS) is 16.5. The zero-order valence-corrected chi connectivity index (χ0v) is 25.4. The number of hydrogen-bond acceptors (Lipinski definition) is 1. The number of benzene rings is 9. The van der Waals surface area contributed by atoms with Gasteiger partial charge in [0.2, 0.25) is 0 Å². The third-order valence-electron chi connectivity index (χ3n) is 8.86. The maximum absolute atomic E-state index is 9.55. The lowest BCUT2D eigenvalue weighted by atomic mass is 9.86. The van der Waals surface area contributed by atoms with Gasteiger partial charge in [0, 0.05) is 10.8 Å². The highest BCUT2D eigenvalue weighted by molar-refractivity contribution is 6.21. The van der Waals surface area contributed by atoms with E-state index in [1.54, 1.807) is 18.2 Å². The van der Waals surface area contributed by atoms with E-state index in [1.807, 2.05) is 60.7 Å². The lowest BCUT2D eigenvalue weighted by molar-refractivity contribution is 0.669. The van der Waals surface area contributed by atoms with Crippen LogP contribution in [0, 0.1) is 0 Å². The Labute approximate surface area is 308 Å². The van der Waals surface area contributed by atoms with Crippen LogP contribution in [0.15, 0.2) is 186 Å². The topological polar surface area (TPSA) is 13.1 Å². The van der Waals surface area contributed by atoms with Crippen molar-refractivity contribution in [2.45, 2.75) is 0 Å². The number of hydrogen-bond donors (Lipinski definition) is 0. The molecular weight excluding hydrogens is 593 g/mol. The molecule has 0 saturated heterocycles. The lowest BCUT2D eigenvalue weighted by Crippen LogP contribution is -1.90. The van der Waals surface area contributed by atoms with E-state index in [0.29, 0.717) is 16.6 Å². The smallest absolute Gasteiger partial charge is 0.135 e. The molecule has 0 saturated carbocycles. The Morgan fingerprint density at radius 2 is 0.857 bits per heavy atom. The van der Waals surface area contributed by atoms with Gasteiger partial charge in [-0.3, -0.25) is 0 Å². The predicted octanol–water partition coefficient (Wildman–Crippen LogP) is 13.7. The zero-order valence-electron chi connectivity index (χ0n) is 42.4. The van der Waals surface area contributed by atoms with Crippen molar-refractivity contribution in [3.05, 3.63) is 182 Å². The standard InChI is InChI=1S/C48H30O/c1-2-12-33(13-3-1)47-39-16-6-8-18-41(39)48(42-19-9-7-17-40(42)47)34-23-21-31(22-24-34)35-25-27-45-43(29-35)44-30-36(26-28-46(44)49-45)38-20-10-14-32-11-4-5-15-37(32)38/h1-30H/i1D,2D,3D,6D,7D,8D,9D,12D,13D,16D,17D,18D,19D,21D,22D,23D,24D. The fourth-order valence-corrected chi connectivity index (χ4v) is 6.66. The SMILES string of the molecule is [2H]c1c([2H])c([2H])c(-c2c3c([2H])c([2H])c([2H])c([2H])c3c(-c3c([2H])c([2H])c(-c4ccc5oc6ccc(-c7cccc8ccccc78)cc6c5c4)c([2H])c3[2H])c3c([2H])c([2H])c([2H])c([2H])c23)c([2H])c1[2H]. The maximum Gasteiger partial charge on any atom is 0.135 e. The van der Waals surface area contributed by atoms with Gasteiger partial charge in [-0.2, -0.15) is 0 Å². The van der Waals surface area contributed by atoms with Gasteiger partial charge in [-0.15, -0.1) is 0 Å². The molecule has 9 aromatic carbocycles. The van der Waals surface area contributed by atoms with Crippen LogP contribution in [0.25, 0.3) is 98.8 Å². The molecule has 0 atom stereocenters. The molecule has 0 radical (unpaired) electrons. The molecule has 1 heteroatoms. The average molecular weight is 640 g/mol. The second-order valence-electron chi connectivity index (χ2n) is 11.6. The molecular formula is C48H30O. The summed E-state index contributed by atoms with van der Waals surface area (Å²) in [5.41, 5.74) is 0.937. The van der Waals surface area contributed by atoms with E-state index < -0.39 is 147 Å². The first-order chi connectivity index (χ1) is 31.4. The summed E-state index contributed by atoms with van der Waals surface area (Å²) in [4.78, 5) is 0. The van der Waals surface area contributed by atoms with Crippen LogP contribution in [0.4, 0.5) is 0 Å². The molecule has 1 aromatic heterocycles. The molecule has 0 spiro atoms. The Balaban J connectivity index is 1.30. The van der Waals surface area contributed by atoms with Crippen molar-refractivity contribution in [1.82, 2.24) is 0 Å². The average Bonchev–Trinajstić information content (AvgIpc) is 3.69. The fourth-order valence-electron chi connectivity index (χ4n) is 6.66. The maximum atomic E-state index is 9.55. The molecule has 0 unspecified atom stereocenters. The van der Waals surface area contributed by atoms with Crippen molar-refractivity contribution >= 4 is 54.3 Å². The van der Waals surface area contributed by atoms with Gasteiger partial charge in [0.15, 0.2) is 0 Å². The molecule has 10 rings (SSSR count). The van der Waals surface area contributed by atoms with Crippen molar-refractivity contribution in [2.75, 3.05) is 0 Å². The van der Waals surface area contributed by atoms with Crippen molar-refractivity contribution in [2.24, 2.45) is 0 Å². The molecule has 0 aliphatic heterocycles. The number of rotatable bonds is 4. The minimum Gasteiger partial charge on any atom is -0.456 e. The van der Waals surface area contributed by atoms with Gasteiger partial charge >= 0.3 is 0 Å². The second kappa shape index (κ2) is 11.1. The fraction of sp³-hybridized carbons (Fsp3) is 0. The second-order valence-corrected chi connectivity index (χ2v) is 11.6. The largest absolute Gasteiger partial charge is 0.456 e. The van der Waals surface area contributed by atoms with Crippen LogP contribution in [0.1, 0.15) is 23.3 Å². The third kappa shape index (κ3) is 4.47. The van der Waals surface area contributed by atoms with Crippen LogP contribution in [0.2, 0.25) is 0 Å². The molecule has 228 valence electrons. The molecule has 0 aliphatic rings. The molecule has 10 aromatic rings. The van der Waals surface area contributed by atoms with E-state index in [2.05, 4.69) is 0 Å². The first-order valence-corrected chi connectivity index (χ1v) is 15.5. The zero-order chi connectivity index (χ0) is 47.1. The van der Waals surface area contributed by atoms with Crippen molar-refractivity contribution in [3.8, 4) is 44.5 Å². The number of fused-ring (bicyclic) bond motifs is 6. The molecule has 49 heavy (non-hydrogen) atoms. The van der Waals surface area contributed by atoms with Gasteiger partial charge in [-0.1, -0.05) is 157 Å². The molecule has 1 nitrogen and oxygen atoms in total. The molecule has 0 bridgehead atoms. The van der Waals surface area contributed by atoms with Gasteiger partial charge in [0.05, 0.1) is 23.3 Å². The molecule has 0 aliphatic carbocycles. The predicted molar refractivity (Wildman–Crippen MR) is 208 cm³/mol. The van der Waals surface area contributed by atoms with Crippen molar-refractivity contribution < 1.29 is 27.7 Å². The van der Waals surface area contributed by atoms with Crippen LogP contribution in [-0.2, 0) is 0 Å². The van der Waals surface area contributed by atoms with E-state index in [4.69, 9.17) is 16.8 Å². The summed E-state index contributed by atoms with van der Waals surface area (Å²) in [7, 11) is 0. The van der Waals surface area contributed by atoms with Crippen molar-refractivity contribution in [1.29, 1.82) is 0 Å². The molecule has 0 amide bonds. The Bertz CT molecular complexity index is 3710. The summed E-state index contributed by atoms with van der Waals surface area (Å²) in [5, 5.41) is 1.40. The van der Waals surface area contributed by atoms with Gasteiger partial charge in [-0.25, -0.2) is 0 Å². The summed E-state index contributed by atoms with van der Waals surface area (Å²) in [6, 6.07) is 11.6. The van der Waals surface area contributed by atoms with E-state index in [1.165, 1.54) is 0 Å². The van der Waals surface area contributed by atoms with Crippen molar-refractivity contribution in [3.63, 3.8) is 0 Å². The Hall–Kier alpha value is -6.44. The van der Waals surface area contributed by atoms with Gasteiger partial charge in [0.1, 0.15) is 11.2 Å². The van der Waals surface area contributed by atoms with E-state index in [-0.39, 0.29) is 11.1 Å². The Kier molecular flexibility index (Phi) is 3.54. The lowest BCUT2D eigenvalue weighted by Gasteiger charge is -2.18. The highest BCUT2D eigenvalue weighted by Gasteiger charge is 2.17. The summed E-state index contributed by atoms with van der Waals surface area (Å²) >= 11 is 0. The summed E-state index contributed by atoms with van der Waals surface area (Å²) in [6.45, 7) is 0. The highest BCUT2D eigenvalue weighted by Crippen LogP contribution is 2.44. The molecule has 1 heterocycles. The van der Waals surface area contributed by atoms with Crippen LogP contribution in [0.3, 0.4) is 0 Å². The van der Waals surface area contributed by atoms with Crippen LogP contribution in [-0.4, -0.2) is 0 Å². The summed E-state index contributed by atoms with van der Waals surface area (Å²) in [5.74, 6) is 0. The van der Waals surface area contributed by atoms with E-state index >= 15 is 0 Å². The summed E-state index contributed by atoms with van der Waals surface area (Å²) in [6.07, 6.45) is 0. The minimum absolute atomic E-state index is 0.136. The van der Waals surface area contributed by atoms with Gasteiger partial charge < -0.3 is 4.42 Å².